The zero-order valence-electron chi connectivity index (χ0n) is 22.0. The summed E-state index contributed by atoms with van der Waals surface area (Å²) < 4.78 is 10.8. The predicted octanol–water partition coefficient (Wildman–Crippen LogP) is 3.52. The van der Waals surface area contributed by atoms with Gasteiger partial charge in [-0.25, -0.2) is 4.79 Å². The zero-order chi connectivity index (χ0) is 27.9. The van der Waals surface area contributed by atoms with E-state index in [0.717, 1.165) is 0 Å². The lowest BCUT2D eigenvalue weighted by atomic mass is 9.89. The number of benzene rings is 1. The Bertz CT molecular complexity index is 1080. The molecule has 0 radical (unpaired) electrons. The maximum atomic E-state index is 12.8. The van der Waals surface area contributed by atoms with Crippen LogP contribution in [0, 0.1) is 11.8 Å². The highest BCUT2D eigenvalue weighted by atomic mass is 16.6. The van der Waals surface area contributed by atoms with Crippen LogP contribution in [0.3, 0.4) is 0 Å². The molecule has 1 aromatic rings. The third kappa shape index (κ3) is 7.99. The average molecular weight is 518 g/mol. The van der Waals surface area contributed by atoms with Gasteiger partial charge in [0.05, 0.1) is 17.5 Å². The summed E-state index contributed by atoms with van der Waals surface area (Å²) in [6.45, 7) is 7.14. The normalized spacial score (nSPS) is 29.8. The number of phenolic OH excluding ortho intramolecular Hbond substituents is 2. The first-order valence-electron chi connectivity index (χ1n) is 12.2. The molecule has 10 nitrogen and oxygen atoms in total. The molecule has 0 aliphatic carbocycles. The number of primary amides is 1. The number of methoxy groups -OCH3 is 1. The fourth-order valence-electron chi connectivity index (χ4n) is 4.27. The minimum atomic E-state index is -0.969. The van der Waals surface area contributed by atoms with Gasteiger partial charge in [-0.3, -0.25) is 4.79 Å². The number of aliphatic hydroxyl groups is 1. The SMILES string of the molecule is CO[C@H]1/C=C\C=C(/C)C(=O)Nc2cc(O)c(N)c(c2O)C[C@@H](C)CC[C@H](O)[C@@H](C)/C=C(\C)[C@@H]1OC(N)=O. The average Bonchev–Trinajstić information content (AvgIpc) is 2.84. The Labute approximate surface area is 217 Å². The second-order valence-electron chi connectivity index (χ2n) is 9.65. The summed E-state index contributed by atoms with van der Waals surface area (Å²) in [6.07, 6.45) is 4.68. The van der Waals surface area contributed by atoms with Gasteiger partial charge in [0.2, 0.25) is 0 Å². The van der Waals surface area contributed by atoms with Crippen LogP contribution in [0.5, 0.6) is 11.5 Å². The molecule has 2 rings (SSSR count). The van der Waals surface area contributed by atoms with Crippen LogP contribution in [0.1, 0.15) is 46.1 Å². The molecule has 1 aromatic carbocycles. The van der Waals surface area contributed by atoms with E-state index in [1.807, 2.05) is 19.9 Å². The van der Waals surface area contributed by atoms with E-state index in [2.05, 4.69) is 5.32 Å². The number of amides is 2. The zero-order valence-corrected chi connectivity index (χ0v) is 22.0. The molecule has 37 heavy (non-hydrogen) atoms. The van der Waals surface area contributed by atoms with E-state index in [-0.39, 0.29) is 34.7 Å². The Morgan fingerprint density at radius 3 is 2.49 bits per heavy atom. The first-order chi connectivity index (χ1) is 17.3. The number of allylic oxidation sites excluding steroid dienone is 2. The summed E-state index contributed by atoms with van der Waals surface area (Å²) in [5.74, 6) is -1.25. The standard InChI is InChI=1S/C27H39N3O7/c1-14-9-10-20(31)16(3)12-17(4)25(37-27(29)35)22(36-5)8-6-7-15(2)26(34)30-19-13-21(32)23(28)18(11-14)24(19)33/h6-8,12-14,16,20,22,25,31-33H,9-11,28H2,1-5H3,(H2,29,35)(H,30,34)/b8-6-,15-7+,17-12+/t14-,16-,20-,22-,25-/m0/s1. The van der Waals surface area contributed by atoms with Gasteiger partial charge in [0.25, 0.3) is 5.91 Å². The number of aromatic hydroxyl groups is 2. The summed E-state index contributed by atoms with van der Waals surface area (Å²) in [5, 5.41) is 34.6. The number of ether oxygens (including phenoxy) is 2. The number of nitrogen functional groups attached to an aromatic ring is 1. The summed E-state index contributed by atoms with van der Waals surface area (Å²) >= 11 is 0. The molecular formula is C27H39N3O7. The van der Waals surface area contributed by atoms with Gasteiger partial charge in [0.1, 0.15) is 17.6 Å². The molecule has 0 aromatic heterocycles. The molecule has 0 fully saturated rings. The van der Waals surface area contributed by atoms with Crippen LogP contribution in [0.4, 0.5) is 16.2 Å². The smallest absolute Gasteiger partial charge is 0.405 e. The van der Waals surface area contributed by atoms with Crippen LogP contribution in [0.15, 0.2) is 41.5 Å². The topological polar surface area (TPSA) is 177 Å². The molecule has 0 spiro atoms. The van der Waals surface area contributed by atoms with Crippen molar-refractivity contribution in [3.63, 3.8) is 0 Å². The molecule has 1 aliphatic heterocycles. The lowest BCUT2D eigenvalue weighted by Crippen LogP contribution is -2.35. The highest BCUT2D eigenvalue weighted by Gasteiger charge is 2.26. The third-order valence-electron chi connectivity index (χ3n) is 6.58. The minimum absolute atomic E-state index is 0.0118. The summed E-state index contributed by atoms with van der Waals surface area (Å²) in [7, 11) is 1.45. The lowest BCUT2D eigenvalue weighted by Gasteiger charge is -2.26. The number of rotatable bonds is 2. The van der Waals surface area contributed by atoms with Crippen molar-refractivity contribution in [1.82, 2.24) is 0 Å². The fourth-order valence-corrected chi connectivity index (χ4v) is 4.27. The lowest BCUT2D eigenvalue weighted by molar-refractivity contribution is -0.112. The summed E-state index contributed by atoms with van der Waals surface area (Å²) in [6, 6.07) is 1.20. The van der Waals surface area contributed by atoms with Crippen LogP contribution in [0.2, 0.25) is 0 Å². The van der Waals surface area contributed by atoms with Crippen LogP contribution in [-0.4, -0.2) is 52.7 Å². The van der Waals surface area contributed by atoms with Crippen LogP contribution >= 0.6 is 0 Å². The monoisotopic (exact) mass is 517 g/mol. The van der Waals surface area contributed by atoms with Crippen molar-refractivity contribution >= 4 is 23.4 Å². The maximum absolute atomic E-state index is 12.8. The molecule has 0 saturated carbocycles. The van der Waals surface area contributed by atoms with Crippen molar-refractivity contribution in [2.75, 3.05) is 18.2 Å². The van der Waals surface area contributed by atoms with Gasteiger partial charge < -0.3 is 41.6 Å². The minimum Gasteiger partial charge on any atom is -0.506 e. The maximum Gasteiger partial charge on any atom is 0.405 e. The summed E-state index contributed by atoms with van der Waals surface area (Å²) in [4.78, 5) is 24.4. The Morgan fingerprint density at radius 2 is 1.86 bits per heavy atom. The van der Waals surface area contributed by atoms with E-state index < -0.39 is 30.3 Å². The first-order valence-corrected chi connectivity index (χ1v) is 12.2. The fraction of sp³-hybridized carbons (Fsp3) is 0.481. The van der Waals surface area contributed by atoms with Crippen molar-refractivity contribution < 1.29 is 34.4 Å². The van der Waals surface area contributed by atoms with Gasteiger partial charge >= 0.3 is 6.09 Å². The second-order valence-corrected chi connectivity index (χ2v) is 9.65. The third-order valence-corrected chi connectivity index (χ3v) is 6.58. The number of anilines is 2. The molecule has 8 N–H and O–H groups in total. The Morgan fingerprint density at radius 1 is 1.19 bits per heavy atom. The molecule has 10 heteroatoms. The number of carbonyl (C=O) groups is 2. The molecular weight excluding hydrogens is 478 g/mol. The van der Waals surface area contributed by atoms with E-state index >= 15 is 0 Å². The molecule has 1 heterocycles. The number of phenols is 2. The van der Waals surface area contributed by atoms with Gasteiger partial charge in [-0.15, -0.1) is 0 Å². The first kappa shape index (κ1) is 29.7. The highest BCUT2D eigenvalue weighted by Crippen LogP contribution is 2.40. The summed E-state index contributed by atoms with van der Waals surface area (Å²) in [5.41, 5.74) is 12.7. The molecule has 0 saturated heterocycles. The van der Waals surface area contributed by atoms with Crippen molar-refractivity contribution in [2.45, 2.75) is 65.3 Å². The van der Waals surface area contributed by atoms with E-state index in [1.165, 1.54) is 19.3 Å². The molecule has 1 aliphatic rings. The van der Waals surface area contributed by atoms with Gasteiger partial charge in [-0.2, -0.15) is 0 Å². The van der Waals surface area contributed by atoms with Crippen molar-refractivity contribution in [3.05, 3.63) is 47.1 Å². The largest absolute Gasteiger partial charge is 0.506 e. The predicted molar refractivity (Wildman–Crippen MR) is 142 cm³/mol. The Kier molecular flexibility index (Phi) is 10.6. The number of nitrogens with one attached hydrogen (secondary N) is 1. The van der Waals surface area contributed by atoms with Gasteiger partial charge in [0, 0.05) is 30.2 Å². The van der Waals surface area contributed by atoms with Gasteiger partial charge in [-0.1, -0.05) is 38.2 Å². The Hall–Kier alpha value is -3.50. The van der Waals surface area contributed by atoms with Crippen LogP contribution in [0.25, 0.3) is 0 Å². The van der Waals surface area contributed by atoms with Crippen molar-refractivity contribution in [1.29, 1.82) is 0 Å². The van der Waals surface area contributed by atoms with E-state index in [4.69, 9.17) is 20.9 Å². The molecule has 2 amide bonds. The van der Waals surface area contributed by atoms with Gasteiger partial charge in [0.15, 0.2) is 6.10 Å². The highest BCUT2D eigenvalue weighted by molar-refractivity contribution is 6.04. The molecule has 204 valence electrons. The van der Waals surface area contributed by atoms with Crippen molar-refractivity contribution in [3.8, 4) is 11.5 Å². The number of nitrogens with two attached hydrogens (primary N) is 2. The van der Waals surface area contributed by atoms with Gasteiger partial charge in [-0.05, 0) is 44.6 Å². The van der Waals surface area contributed by atoms with E-state index in [9.17, 15) is 24.9 Å². The van der Waals surface area contributed by atoms with E-state index in [1.54, 1.807) is 26.0 Å². The number of fused-ring (bicyclic) bond motifs is 2. The molecule has 2 bridgehead atoms. The number of hydrogen-bond acceptors (Lipinski definition) is 8. The molecule has 5 atom stereocenters. The quantitative estimate of drug-likeness (QED) is 0.149. The number of aliphatic hydroxyl groups excluding tert-OH is 1. The second kappa shape index (κ2) is 13.2. The number of hydrogen-bond donors (Lipinski definition) is 6. The van der Waals surface area contributed by atoms with Crippen LogP contribution < -0.4 is 16.8 Å². The van der Waals surface area contributed by atoms with Crippen molar-refractivity contribution in [2.24, 2.45) is 17.6 Å². The van der Waals surface area contributed by atoms with E-state index in [0.29, 0.717) is 36.0 Å². The number of carbonyl (C=O) groups excluding carboxylic acids is 2. The van der Waals surface area contributed by atoms with Crippen LogP contribution in [-0.2, 0) is 20.7 Å². The molecule has 0 unspecified atom stereocenters. The Balaban J connectivity index is 2.54.